The molecule has 0 spiro atoms. The second kappa shape index (κ2) is 9.03. The number of rotatable bonds is 7. The molecule has 3 aromatic carbocycles. The number of hydrogen-bond acceptors (Lipinski definition) is 3. The van der Waals surface area contributed by atoms with E-state index >= 15 is 0 Å². The predicted octanol–water partition coefficient (Wildman–Crippen LogP) is 3.46. The van der Waals surface area contributed by atoms with Gasteiger partial charge in [-0.15, -0.1) is 0 Å². The molecule has 0 heterocycles. The Kier molecular flexibility index (Phi) is 6.46. The first-order chi connectivity index (χ1) is 13.9. The molecule has 0 saturated carbocycles. The van der Waals surface area contributed by atoms with E-state index in [0.29, 0.717) is 17.5 Å². The molecule has 1 N–H and O–H groups in total. The first kappa shape index (κ1) is 20.8. The van der Waals surface area contributed by atoms with Gasteiger partial charge in [0.1, 0.15) is 0 Å². The second-order valence-electron chi connectivity index (χ2n) is 6.90. The number of sulfonamides is 1. The van der Waals surface area contributed by atoms with E-state index in [1.807, 2.05) is 48.5 Å². The summed E-state index contributed by atoms with van der Waals surface area (Å²) in [6, 6.07) is 24.1. The fourth-order valence-electron chi connectivity index (χ4n) is 3.08. The van der Waals surface area contributed by atoms with E-state index in [1.165, 1.54) is 18.4 Å². The van der Waals surface area contributed by atoms with Gasteiger partial charge in [-0.1, -0.05) is 66.7 Å². The van der Waals surface area contributed by atoms with Crippen LogP contribution in [0.5, 0.6) is 0 Å². The van der Waals surface area contributed by atoms with Gasteiger partial charge in [-0.05, 0) is 35.2 Å². The van der Waals surface area contributed by atoms with Crippen LogP contribution in [-0.4, -0.2) is 32.7 Å². The third-order valence-electron chi connectivity index (χ3n) is 4.67. The number of carbonyl (C=O) groups excluding carboxylic acids is 1. The van der Waals surface area contributed by atoms with Crippen molar-refractivity contribution < 1.29 is 13.2 Å². The zero-order valence-electron chi connectivity index (χ0n) is 16.5. The minimum Gasteiger partial charge on any atom is -0.348 e. The molecule has 0 aromatic heterocycles. The Balaban J connectivity index is 1.80. The molecule has 0 unspecified atom stereocenters. The standard InChI is InChI=1S/C23H24N2O3S/c1-25(2)29(27,28)22-15-9-7-13-20(22)17-24-23(26)21-14-8-6-12-19(21)16-18-10-4-3-5-11-18/h3-15H,16-17H2,1-2H3,(H,24,26). The SMILES string of the molecule is CN(C)S(=O)(=O)c1ccccc1CNC(=O)c1ccccc1Cc1ccccc1. The minimum atomic E-state index is -3.59. The normalized spacial score (nSPS) is 11.4. The van der Waals surface area contributed by atoms with Gasteiger partial charge in [-0.2, -0.15) is 0 Å². The second-order valence-corrected chi connectivity index (χ2v) is 9.02. The number of amides is 1. The lowest BCUT2D eigenvalue weighted by Gasteiger charge is -2.16. The molecule has 3 rings (SSSR count). The molecular formula is C23H24N2O3S. The van der Waals surface area contributed by atoms with Crippen LogP contribution in [-0.2, 0) is 23.0 Å². The third kappa shape index (κ3) is 4.91. The Bertz CT molecular complexity index is 1090. The molecule has 29 heavy (non-hydrogen) atoms. The van der Waals surface area contributed by atoms with Crippen molar-refractivity contribution in [2.24, 2.45) is 0 Å². The molecule has 0 aliphatic rings. The average molecular weight is 409 g/mol. The monoisotopic (exact) mass is 408 g/mol. The molecule has 0 saturated heterocycles. The summed E-state index contributed by atoms with van der Waals surface area (Å²) in [5, 5.41) is 2.87. The van der Waals surface area contributed by atoms with E-state index in [9.17, 15) is 13.2 Å². The quantitative estimate of drug-likeness (QED) is 0.651. The van der Waals surface area contributed by atoms with Gasteiger partial charge in [-0.3, -0.25) is 4.79 Å². The van der Waals surface area contributed by atoms with E-state index < -0.39 is 10.0 Å². The van der Waals surface area contributed by atoms with E-state index in [4.69, 9.17) is 0 Å². The average Bonchev–Trinajstić information content (AvgIpc) is 2.73. The number of nitrogens with zero attached hydrogens (tertiary/aromatic N) is 1. The Hall–Kier alpha value is -2.96. The van der Waals surface area contributed by atoms with Gasteiger partial charge < -0.3 is 5.32 Å². The number of nitrogens with one attached hydrogen (secondary N) is 1. The summed E-state index contributed by atoms with van der Waals surface area (Å²) in [5.74, 6) is -0.228. The molecule has 0 atom stereocenters. The minimum absolute atomic E-state index is 0.127. The van der Waals surface area contributed by atoms with Gasteiger partial charge in [0.05, 0.1) is 4.90 Å². The summed E-state index contributed by atoms with van der Waals surface area (Å²) in [6.07, 6.45) is 0.649. The molecule has 6 heteroatoms. The lowest BCUT2D eigenvalue weighted by Crippen LogP contribution is -2.27. The van der Waals surface area contributed by atoms with Gasteiger partial charge in [-0.25, -0.2) is 12.7 Å². The van der Waals surface area contributed by atoms with Gasteiger partial charge >= 0.3 is 0 Å². The summed E-state index contributed by atoms with van der Waals surface area (Å²) < 4.78 is 26.2. The lowest BCUT2D eigenvalue weighted by molar-refractivity contribution is 0.0949. The van der Waals surface area contributed by atoms with Crippen molar-refractivity contribution in [3.8, 4) is 0 Å². The molecule has 0 bridgehead atoms. The summed E-state index contributed by atoms with van der Waals surface area (Å²) in [4.78, 5) is 13.1. The third-order valence-corrected chi connectivity index (χ3v) is 6.59. The van der Waals surface area contributed by atoms with Gasteiger partial charge in [0, 0.05) is 26.2 Å². The van der Waals surface area contributed by atoms with Crippen molar-refractivity contribution in [1.82, 2.24) is 9.62 Å². The van der Waals surface area contributed by atoms with Crippen LogP contribution < -0.4 is 5.32 Å². The van der Waals surface area contributed by atoms with Crippen LogP contribution in [0.25, 0.3) is 0 Å². The first-order valence-electron chi connectivity index (χ1n) is 9.30. The van der Waals surface area contributed by atoms with Gasteiger partial charge in [0.2, 0.25) is 10.0 Å². The largest absolute Gasteiger partial charge is 0.348 e. The summed E-state index contributed by atoms with van der Waals surface area (Å²) in [6.45, 7) is 0.127. The van der Waals surface area contributed by atoms with E-state index in [1.54, 1.807) is 30.3 Å². The highest BCUT2D eigenvalue weighted by molar-refractivity contribution is 7.89. The van der Waals surface area contributed by atoms with Crippen LogP contribution in [0.4, 0.5) is 0 Å². The summed E-state index contributed by atoms with van der Waals surface area (Å²) >= 11 is 0. The predicted molar refractivity (Wildman–Crippen MR) is 114 cm³/mol. The maximum absolute atomic E-state index is 12.9. The number of hydrogen-bond donors (Lipinski definition) is 1. The van der Waals surface area contributed by atoms with Crippen molar-refractivity contribution in [2.75, 3.05) is 14.1 Å². The van der Waals surface area contributed by atoms with Crippen molar-refractivity contribution in [1.29, 1.82) is 0 Å². The number of carbonyl (C=O) groups is 1. The van der Waals surface area contributed by atoms with Crippen LogP contribution in [0.1, 0.15) is 27.0 Å². The van der Waals surface area contributed by atoms with E-state index in [0.717, 1.165) is 11.1 Å². The van der Waals surface area contributed by atoms with Gasteiger partial charge in [0.15, 0.2) is 0 Å². The zero-order valence-corrected chi connectivity index (χ0v) is 17.3. The van der Waals surface area contributed by atoms with Crippen LogP contribution in [0, 0.1) is 0 Å². The highest BCUT2D eigenvalue weighted by Crippen LogP contribution is 2.19. The fourth-order valence-corrected chi connectivity index (χ4v) is 4.20. The topological polar surface area (TPSA) is 66.5 Å². The molecule has 0 radical (unpaired) electrons. The lowest BCUT2D eigenvalue weighted by atomic mass is 9.99. The van der Waals surface area contributed by atoms with Crippen LogP contribution in [0.3, 0.4) is 0 Å². The van der Waals surface area contributed by atoms with Crippen molar-refractivity contribution in [2.45, 2.75) is 17.9 Å². The molecule has 0 aliphatic carbocycles. The molecular weight excluding hydrogens is 384 g/mol. The van der Waals surface area contributed by atoms with Crippen molar-refractivity contribution >= 4 is 15.9 Å². The molecule has 0 fully saturated rings. The highest BCUT2D eigenvalue weighted by atomic mass is 32.2. The Morgan fingerprint density at radius 2 is 1.41 bits per heavy atom. The first-order valence-corrected chi connectivity index (χ1v) is 10.7. The van der Waals surface area contributed by atoms with Crippen molar-refractivity contribution in [3.63, 3.8) is 0 Å². The van der Waals surface area contributed by atoms with E-state index in [2.05, 4.69) is 5.32 Å². The van der Waals surface area contributed by atoms with Crippen LogP contribution >= 0.6 is 0 Å². The smallest absolute Gasteiger partial charge is 0.251 e. The Morgan fingerprint density at radius 1 is 0.828 bits per heavy atom. The van der Waals surface area contributed by atoms with Crippen molar-refractivity contribution in [3.05, 3.63) is 101 Å². The molecule has 150 valence electrons. The molecule has 3 aromatic rings. The zero-order chi connectivity index (χ0) is 20.9. The van der Waals surface area contributed by atoms with E-state index in [-0.39, 0.29) is 17.3 Å². The molecule has 0 aliphatic heterocycles. The van der Waals surface area contributed by atoms with Crippen LogP contribution in [0.2, 0.25) is 0 Å². The Labute approximate surface area is 172 Å². The Morgan fingerprint density at radius 3 is 2.10 bits per heavy atom. The number of benzene rings is 3. The summed E-state index contributed by atoms with van der Waals surface area (Å²) in [7, 11) is -0.606. The summed E-state index contributed by atoms with van der Waals surface area (Å²) in [5.41, 5.74) is 3.18. The molecule has 1 amide bonds. The highest BCUT2D eigenvalue weighted by Gasteiger charge is 2.21. The maximum atomic E-state index is 12.9. The maximum Gasteiger partial charge on any atom is 0.251 e. The van der Waals surface area contributed by atoms with Crippen LogP contribution in [0.15, 0.2) is 83.8 Å². The molecule has 5 nitrogen and oxygen atoms in total. The van der Waals surface area contributed by atoms with Gasteiger partial charge in [0.25, 0.3) is 5.91 Å². The fraction of sp³-hybridized carbons (Fsp3) is 0.174.